The van der Waals surface area contributed by atoms with Crippen molar-refractivity contribution in [1.82, 2.24) is 19.5 Å². The van der Waals surface area contributed by atoms with Crippen molar-refractivity contribution in [2.75, 3.05) is 0 Å². The van der Waals surface area contributed by atoms with Crippen molar-refractivity contribution >= 4 is 22.6 Å². The van der Waals surface area contributed by atoms with Crippen molar-refractivity contribution in [2.45, 2.75) is 45.6 Å². The summed E-state index contributed by atoms with van der Waals surface area (Å²) in [6.45, 7) is 6.96. The zero-order valence-electron chi connectivity index (χ0n) is 17.1. The first kappa shape index (κ1) is 20.3. The lowest BCUT2D eigenvalue weighted by molar-refractivity contribution is 0.582. The molecule has 1 N–H and O–H groups in total. The number of rotatable bonds is 5. The van der Waals surface area contributed by atoms with Gasteiger partial charge in [-0.2, -0.15) is 4.98 Å². The van der Waals surface area contributed by atoms with Gasteiger partial charge in [-0.25, -0.2) is 9.78 Å². The first-order valence-electron chi connectivity index (χ1n) is 10.0. The first-order valence-corrected chi connectivity index (χ1v) is 10.4. The Kier molecular flexibility index (Phi) is 5.43. The number of fused-ring (bicyclic) bond motifs is 2. The molecule has 0 spiro atoms. The molecule has 2 aromatic rings. The van der Waals surface area contributed by atoms with E-state index in [1.807, 2.05) is 41.0 Å². The maximum Gasteiger partial charge on any atom is 0.349 e. The van der Waals surface area contributed by atoms with Crippen molar-refractivity contribution in [3.63, 3.8) is 0 Å². The van der Waals surface area contributed by atoms with E-state index in [2.05, 4.69) is 41.8 Å². The number of H-pyrrole nitrogens is 1. The van der Waals surface area contributed by atoms with Crippen LogP contribution in [0.5, 0.6) is 0 Å². The molecule has 0 saturated heterocycles. The molecule has 30 heavy (non-hydrogen) atoms. The molecule has 1 atom stereocenters. The van der Waals surface area contributed by atoms with Gasteiger partial charge in [0, 0.05) is 11.6 Å². The van der Waals surface area contributed by atoms with Crippen LogP contribution in [0, 0.1) is 0 Å². The van der Waals surface area contributed by atoms with Crippen molar-refractivity contribution in [1.29, 1.82) is 0 Å². The lowest BCUT2D eigenvalue weighted by Crippen LogP contribution is -2.29. The van der Waals surface area contributed by atoms with E-state index in [4.69, 9.17) is 11.6 Å². The Balaban J connectivity index is 1.81. The summed E-state index contributed by atoms with van der Waals surface area (Å²) < 4.78 is 1.94. The van der Waals surface area contributed by atoms with E-state index in [0.29, 0.717) is 23.3 Å². The summed E-state index contributed by atoms with van der Waals surface area (Å²) in [6.07, 6.45) is 0.801. The SMILES string of the molecule is CC(C)c1ccc2c(c1)nc1c(=O)[nH]c(=O)nc-1n2CC[C@@H](C)c1ccc(Cl)cc1. The zero-order chi connectivity index (χ0) is 21.4. The minimum absolute atomic E-state index is 0.183. The predicted molar refractivity (Wildman–Crippen MR) is 120 cm³/mol. The number of benzene rings is 2. The number of aromatic amines is 1. The second-order valence-electron chi connectivity index (χ2n) is 7.95. The van der Waals surface area contributed by atoms with Gasteiger partial charge in [-0.05, 0) is 53.6 Å². The highest BCUT2D eigenvalue weighted by Crippen LogP contribution is 2.27. The molecule has 0 aliphatic carbocycles. The third kappa shape index (κ3) is 3.87. The molecule has 2 aliphatic heterocycles. The van der Waals surface area contributed by atoms with Gasteiger partial charge >= 0.3 is 5.69 Å². The van der Waals surface area contributed by atoms with Crippen LogP contribution in [-0.4, -0.2) is 19.5 Å². The summed E-state index contributed by atoms with van der Waals surface area (Å²) in [5.41, 5.74) is 2.90. The van der Waals surface area contributed by atoms with Gasteiger partial charge in [0.25, 0.3) is 5.56 Å². The Morgan fingerprint density at radius 1 is 1.00 bits per heavy atom. The molecule has 0 bridgehead atoms. The third-order valence-electron chi connectivity index (χ3n) is 5.52. The summed E-state index contributed by atoms with van der Waals surface area (Å²) in [4.78, 5) is 35.2. The molecule has 2 heterocycles. The van der Waals surface area contributed by atoms with Crippen LogP contribution in [0.1, 0.15) is 50.2 Å². The van der Waals surface area contributed by atoms with Gasteiger partial charge in [0.15, 0.2) is 11.5 Å². The van der Waals surface area contributed by atoms with Crippen LogP contribution < -0.4 is 11.2 Å². The molecule has 2 aromatic carbocycles. The Morgan fingerprint density at radius 3 is 2.40 bits per heavy atom. The van der Waals surface area contributed by atoms with Gasteiger partial charge < -0.3 is 4.57 Å². The van der Waals surface area contributed by atoms with Crippen LogP contribution in [0.4, 0.5) is 0 Å². The van der Waals surface area contributed by atoms with Gasteiger partial charge in [0.05, 0.1) is 11.0 Å². The number of nitrogens with zero attached hydrogens (tertiary/aromatic N) is 3. The van der Waals surface area contributed by atoms with E-state index >= 15 is 0 Å². The van der Waals surface area contributed by atoms with E-state index in [-0.39, 0.29) is 11.6 Å². The number of hydrogen-bond acceptors (Lipinski definition) is 4. The molecule has 0 fully saturated rings. The average molecular weight is 423 g/mol. The molecule has 2 aliphatic rings. The monoisotopic (exact) mass is 422 g/mol. The molecule has 0 aromatic heterocycles. The molecule has 0 unspecified atom stereocenters. The molecule has 6 nitrogen and oxygen atoms in total. The van der Waals surface area contributed by atoms with Crippen molar-refractivity contribution in [2.24, 2.45) is 0 Å². The Morgan fingerprint density at radius 2 is 1.70 bits per heavy atom. The minimum Gasteiger partial charge on any atom is -0.322 e. The van der Waals surface area contributed by atoms with Gasteiger partial charge in [0.2, 0.25) is 0 Å². The fourth-order valence-corrected chi connectivity index (χ4v) is 3.81. The summed E-state index contributed by atoms with van der Waals surface area (Å²) >= 11 is 6.00. The molecule has 0 amide bonds. The summed E-state index contributed by atoms with van der Waals surface area (Å²) in [5.74, 6) is 0.916. The standard InChI is InChI=1S/C23H23ClN4O2/c1-13(2)16-6-9-19-18(12-16)25-20-21(26-23(30)27-22(20)29)28(19)11-10-14(3)15-4-7-17(24)8-5-15/h4-9,12-14H,10-11H2,1-3H3,(H,27,29,30)/t14-/m1/s1. The van der Waals surface area contributed by atoms with E-state index in [9.17, 15) is 9.59 Å². The van der Waals surface area contributed by atoms with Crippen molar-refractivity contribution < 1.29 is 0 Å². The molecule has 7 heteroatoms. The largest absolute Gasteiger partial charge is 0.349 e. The number of halogens is 1. The van der Waals surface area contributed by atoms with Crippen LogP contribution in [-0.2, 0) is 6.54 Å². The highest BCUT2D eigenvalue weighted by atomic mass is 35.5. The lowest BCUT2D eigenvalue weighted by Gasteiger charge is -2.19. The number of aryl methyl sites for hydroxylation is 1. The number of hydrogen-bond donors (Lipinski definition) is 1. The third-order valence-corrected chi connectivity index (χ3v) is 5.78. The quantitative estimate of drug-likeness (QED) is 0.478. The zero-order valence-corrected chi connectivity index (χ0v) is 17.9. The summed E-state index contributed by atoms with van der Waals surface area (Å²) in [7, 11) is 0. The summed E-state index contributed by atoms with van der Waals surface area (Å²) in [6, 6.07) is 13.9. The van der Waals surface area contributed by atoms with E-state index in [1.165, 1.54) is 5.56 Å². The highest BCUT2D eigenvalue weighted by Gasteiger charge is 2.19. The average Bonchev–Trinajstić information content (AvgIpc) is 2.71. The lowest BCUT2D eigenvalue weighted by atomic mass is 9.97. The minimum atomic E-state index is -0.660. The predicted octanol–water partition coefficient (Wildman–Crippen LogP) is 4.56. The van der Waals surface area contributed by atoms with E-state index in [1.54, 1.807) is 0 Å². The maximum absolute atomic E-state index is 12.4. The topological polar surface area (TPSA) is 80.6 Å². The fraction of sp³-hybridized carbons (Fsp3) is 0.304. The van der Waals surface area contributed by atoms with Crippen LogP contribution >= 0.6 is 11.6 Å². The molecule has 0 radical (unpaired) electrons. The van der Waals surface area contributed by atoms with Crippen molar-refractivity contribution in [3.8, 4) is 11.5 Å². The molecular formula is C23H23ClN4O2. The van der Waals surface area contributed by atoms with Gasteiger partial charge in [-0.15, -0.1) is 0 Å². The van der Waals surface area contributed by atoms with Gasteiger partial charge in [-0.3, -0.25) is 9.78 Å². The fourth-order valence-electron chi connectivity index (χ4n) is 3.68. The van der Waals surface area contributed by atoms with Crippen LogP contribution in [0.25, 0.3) is 22.6 Å². The highest BCUT2D eigenvalue weighted by molar-refractivity contribution is 6.30. The van der Waals surface area contributed by atoms with E-state index in [0.717, 1.165) is 23.0 Å². The van der Waals surface area contributed by atoms with Gasteiger partial charge in [-0.1, -0.05) is 50.6 Å². The van der Waals surface area contributed by atoms with Crippen LogP contribution in [0.15, 0.2) is 52.1 Å². The first-order chi connectivity index (χ1) is 14.3. The molecule has 0 saturated carbocycles. The Hall–Kier alpha value is -2.99. The smallest absolute Gasteiger partial charge is 0.322 e. The van der Waals surface area contributed by atoms with Crippen LogP contribution in [0.3, 0.4) is 0 Å². The normalized spacial score (nSPS) is 12.7. The molecular weight excluding hydrogens is 400 g/mol. The maximum atomic E-state index is 12.4. The van der Waals surface area contributed by atoms with Crippen LogP contribution in [0.2, 0.25) is 5.02 Å². The number of nitrogens with one attached hydrogen (secondary N) is 1. The van der Waals surface area contributed by atoms with E-state index < -0.39 is 11.2 Å². The second kappa shape index (κ2) is 8.03. The Labute approximate surface area is 178 Å². The Bertz CT molecular complexity index is 1290. The molecule has 4 rings (SSSR count). The second-order valence-corrected chi connectivity index (χ2v) is 8.39. The number of aromatic nitrogens is 4. The summed E-state index contributed by atoms with van der Waals surface area (Å²) in [5, 5.41) is 0.707. The van der Waals surface area contributed by atoms with Gasteiger partial charge in [0.1, 0.15) is 0 Å². The van der Waals surface area contributed by atoms with Crippen molar-refractivity contribution in [3.05, 3.63) is 79.5 Å². The molecule has 154 valence electrons.